The lowest BCUT2D eigenvalue weighted by Gasteiger charge is -2.39. The van der Waals surface area contributed by atoms with Crippen LogP contribution < -0.4 is 5.32 Å². The molecule has 2 fully saturated rings. The van der Waals surface area contributed by atoms with E-state index in [4.69, 9.17) is 16.3 Å². The van der Waals surface area contributed by atoms with Crippen LogP contribution in [-0.4, -0.2) is 66.0 Å². The Morgan fingerprint density at radius 3 is 2.44 bits per heavy atom. The van der Waals surface area contributed by atoms with Gasteiger partial charge in [-0.25, -0.2) is 31.3 Å². The summed E-state index contributed by atoms with van der Waals surface area (Å²) in [6.07, 6.45) is 3.40. The molecule has 1 saturated heterocycles. The molecule has 1 aliphatic carbocycles. The van der Waals surface area contributed by atoms with Gasteiger partial charge in [0.2, 0.25) is 10.0 Å². The molecule has 1 atom stereocenters. The second-order valence-corrected chi connectivity index (χ2v) is 14.7. The number of hydrogen-bond donors (Lipinski definition) is 2. The molecule has 0 radical (unpaired) electrons. The normalized spacial score (nSPS) is 25.7. The number of sulfonamides is 1. The van der Waals surface area contributed by atoms with Gasteiger partial charge in [0.1, 0.15) is 6.04 Å². The van der Waals surface area contributed by atoms with Crippen molar-refractivity contribution < 1.29 is 36.6 Å². The van der Waals surface area contributed by atoms with E-state index in [2.05, 4.69) is 15.3 Å². The molecule has 2 aromatic rings. The molecular weight excluding hydrogens is 626 g/mol. The number of rotatable bonds is 7. The van der Waals surface area contributed by atoms with Gasteiger partial charge in [-0.1, -0.05) is 17.7 Å². The lowest BCUT2D eigenvalue weighted by molar-refractivity contribution is -0.149. The van der Waals surface area contributed by atoms with E-state index < -0.39 is 55.3 Å². The van der Waals surface area contributed by atoms with Gasteiger partial charge in [0.25, 0.3) is 0 Å². The third-order valence-electron chi connectivity index (χ3n) is 8.67. The first-order valence-electron chi connectivity index (χ1n) is 13.8. The predicted octanol–water partition coefficient (Wildman–Crippen LogP) is 4.67. The van der Waals surface area contributed by atoms with Crippen molar-refractivity contribution in [2.24, 2.45) is 16.3 Å². The summed E-state index contributed by atoms with van der Waals surface area (Å²) in [6, 6.07) is 1.05. The zero-order valence-corrected chi connectivity index (χ0v) is 25.9. The Morgan fingerprint density at radius 2 is 1.86 bits per heavy atom. The molecule has 0 amide bonds. The van der Waals surface area contributed by atoms with Crippen molar-refractivity contribution in [3.63, 3.8) is 0 Å². The van der Waals surface area contributed by atoms with Crippen LogP contribution in [-0.2, 0) is 24.3 Å². The highest BCUT2D eigenvalue weighted by molar-refractivity contribution is 7.89. The van der Waals surface area contributed by atoms with Gasteiger partial charge < -0.3 is 15.2 Å². The molecule has 0 spiro atoms. The van der Waals surface area contributed by atoms with E-state index in [-0.39, 0.29) is 55.8 Å². The minimum atomic E-state index is -3.68. The number of benzene rings is 1. The van der Waals surface area contributed by atoms with Crippen LogP contribution >= 0.6 is 22.9 Å². The lowest BCUT2D eigenvalue weighted by atomic mass is 9.76. The summed E-state index contributed by atoms with van der Waals surface area (Å²) < 4.78 is 62.1. The number of carbonyl (C=O) groups excluding carboxylic acids is 1. The van der Waals surface area contributed by atoms with Crippen LogP contribution in [0.2, 0.25) is 5.02 Å². The lowest BCUT2D eigenvalue weighted by Crippen LogP contribution is -2.47. The number of nitrogens with one attached hydrogen (secondary N) is 1. The summed E-state index contributed by atoms with van der Waals surface area (Å²) in [7, 11) is -2.48. The van der Waals surface area contributed by atoms with Crippen LogP contribution in [0.3, 0.4) is 0 Å². The molecule has 2 aliphatic heterocycles. The van der Waals surface area contributed by atoms with Crippen LogP contribution in [0.1, 0.15) is 62.1 Å². The standard InChI is InChI=1S/C28H31ClF2N4O6S2/c1-28(27(37)38)9-5-16(6-10-28)43(39,40)35-12-7-15(8-13-35)22-19(26(36)41-2)23(17-3-4-18(30)21(31)20(17)29)34-24(33-22)25-32-11-14-42-25/h3-4,11,14-16,23H,5-10,12-13H2,1-2H3,(H,33,34)(H,37,38). The summed E-state index contributed by atoms with van der Waals surface area (Å²) in [5.41, 5.74) is -0.354. The number of thiazole rings is 1. The number of carboxylic acids is 1. The fraction of sp³-hybridized carbons (Fsp3) is 0.500. The average Bonchev–Trinajstić information content (AvgIpc) is 3.55. The number of ether oxygens (including phenoxy) is 1. The number of aliphatic carboxylic acids is 1. The number of nitrogens with zero attached hydrogens (tertiary/aromatic N) is 3. The molecule has 1 unspecified atom stereocenters. The fourth-order valence-corrected chi connectivity index (χ4v) is 8.81. The number of amidine groups is 1. The van der Waals surface area contributed by atoms with Crippen molar-refractivity contribution in [3.05, 3.63) is 62.2 Å². The Hall–Kier alpha value is -2.94. The van der Waals surface area contributed by atoms with Crippen molar-refractivity contribution in [1.82, 2.24) is 14.6 Å². The first-order chi connectivity index (χ1) is 20.4. The van der Waals surface area contributed by atoms with Gasteiger partial charge in [0.15, 0.2) is 22.5 Å². The van der Waals surface area contributed by atoms with Gasteiger partial charge in [-0.3, -0.25) is 9.79 Å². The van der Waals surface area contributed by atoms with Crippen LogP contribution in [0.25, 0.3) is 0 Å². The highest BCUT2D eigenvalue weighted by atomic mass is 35.5. The van der Waals surface area contributed by atoms with E-state index in [1.54, 1.807) is 18.5 Å². The van der Waals surface area contributed by atoms with E-state index in [1.807, 2.05) is 0 Å². The van der Waals surface area contributed by atoms with Crippen LogP contribution in [0, 0.1) is 23.0 Å². The number of carboxylic acid groups (broad SMARTS) is 1. The van der Waals surface area contributed by atoms with Gasteiger partial charge in [-0.15, -0.1) is 11.3 Å². The number of hydrogen-bond acceptors (Lipinski definition) is 9. The molecule has 1 aromatic heterocycles. The number of methoxy groups -OCH3 is 1. The molecule has 0 bridgehead atoms. The van der Waals surface area contributed by atoms with Gasteiger partial charge in [-0.2, -0.15) is 0 Å². The Morgan fingerprint density at radius 1 is 1.19 bits per heavy atom. The van der Waals surface area contributed by atoms with Crippen molar-refractivity contribution in [1.29, 1.82) is 0 Å². The number of aromatic nitrogens is 1. The fourth-order valence-electron chi connectivity index (χ4n) is 6.00. The molecule has 3 aliphatic rings. The molecule has 10 nitrogen and oxygen atoms in total. The predicted molar refractivity (Wildman–Crippen MR) is 156 cm³/mol. The van der Waals surface area contributed by atoms with Crippen LogP contribution in [0.15, 0.2) is 40.0 Å². The Bertz CT molecular complexity index is 1580. The minimum Gasteiger partial charge on any atom is -0.481 e. The molecule has 1 aromatic carbocycles. The quantitative estimate of drug-likeness (QED) is 0.324. The molecule has 1 saturated carbocycles. The van der Waals surface area contributed by atoms with E-state index in [1.165, 1.54) is 28.8 Å². The van der Waals surface area contributed by atoms with Gasteiger partial charge in [-0.05, 0) is 51.5 Å². The SMILES string of the molecule is COC(=O)C1=C(C2CCN(S(=O)(=O)C3CCC(C)(C(=O)O)CC3)CC2)NC(c2nccs2)=NC1c1ccc(F)c(F)c1Cl. The number of halogens is 3. The Labute approximate surface area is 256 Å². The third-order valence-corrected chi connectivity index (χ3v) is 12.2. The summed E-state index contributed by atoms with van der Waals surface area (Å²) in [5.74, 6) is -4.09. The number of piperidine rings is 1. The van der Waals surface area contributed by atoms with Gasteiger partial charge >= 0.3 is 11.9 Å². The molecule has 15 heteroatoms. The monoisotopic (exact) mass is 656 g/mol. The van der Waals surface area contributed by atoms with Crippen molar-refractivity contribution in [3.8, 4) is 0 Å². The molecule has 3 heterocycles. The van der Waals surface area contributed by atoms with E-state index in [0.29, 0.717) is 29.4 Å². The average molecular weight is 657 g/mol. The summed E-state index contributed by atoms with van der Waals surface area (Å²) >= 11 is 7.52. The topological polar surface area (TPSA) is 138 Å². The molecule has 43 heavy (non-hydrogen) atoms. The van der Waals surface area contributed by atoms with Crippen LogP contribution in [0.5, 0.6) is 0 Å². The Kier molecular flexibility index (Phi) is 8.94. The van der Waals surface area contributed by atoms with E-state index in [9.17, 15) is 31.9 Å². The first kappa shape index (κ1) is 31.5. The summed E-state index contributed by atoms with van der Waals surface area (Å²) in [4.78, 5) is 33.8. The molecule has 5 rings (SSSR count). The highest BCUT2D eigenvalue weighted by Crippen LogP contribution is 2.42. The second kappa shape index (κ2) is 12.2. The number of esters is 1. The largest absolute Gasteiger partial charge is 0.481 e. The maximum atomic E-state index is 14.6. The molecule has 232 valence electrons. The van der Waals surface area contributed by atoms with Crippen LogP contribution in [0.4, 0.5) is 8.78 Å². The maximum Gasteiger partial charge on any atom is 0.338 e. The number of aliphatic imine (C=N–C) groups is 1. The maximum absolute atomic E-state index is 14.6. The van der Waals surface area contributed by atoms with E-state index >= 15 is 0 Å². The summed E-state index contributed by atoms with van der Waals surface area (Å²) in [5, 5.41) is 13.8. The number of carbonyl (C=O) groups is 2. The van der Waals surface area contributed by atoms with Gasteiger partial charge in [0, 0.05) is 41.8 Å². The smallest absolute Gasteiger partial charge is 0.338 e. The molecular formula is C28H31ClF2N4O6S2. The van der Waals surface area contributed by atoms with E-state index in [0.717, 1.165) is 6.07 Å². The Balaban J connectivity index is 1.44. The van der Waals surface area contributed by atoms with Gasteiger partial charge in [0.05, 0.1) is 28.4 Å². The minimum absolute atomic E-state index is 0.0669. The van der Waals surface area contributed by atoms with Crippen molar-refractivity contribution >= 4 is 50.7 Å². The zero-order chi connectivity index (χ0) is 31.1. The second-order valence-electron chi connectivity index (χ2n) is 11.2. The first-order valence-corrected chi connectivity index (χ1v) is 16.6. The van der Waals surface area contributed by atoms with Crippen molar-refractivity contribution in [2.45, 2.75) is 56.7 Å². The zero-order valence-electron chi connectivity index (χ0n) is 23.5. The molecule has 2 N–H and O–H groups in total. The van der Waals surface area contributed by atoms with Crippen molar-refractivity contribution in [2.75, 3.05) is 20.2 Å². The highest BCUT2D eigenvalue weighted by Gasteiger charge is 2.44. The number of allylic oxidation sites excluding steroid dienone is 1. The third kappa shape index (κ3) is 5.94. The summed E-state index contributed by atoms with van der Waals surface area (Å²) in [6.45, 7) is 2.01.